The zero-order valence-corrected chi connectivity index (χ0v) is 11.8. The lowest BCUT2D eigenvalue weighted by atomic mass is 10.1. The topological polar surface area (TPSA) is 54.3 Å². The van der Waals surface area contributed by atoms with Gasteiger partial charge in [0.2, 0.25) is 0 Å². The summed E-state index contributed by atoms with van der Waals surface area (Å²) in [5.74, 6) is 0.935. The van der Waals surface area contributed by atoms with Crippen LogP contribution in [-0.4, -0.2) is 14.2 Å². The highest BCUT2D eigenvalue weighted by Crippen LogP contribution is 2.25. The maximum absolute atomic E-state index is 13.4. The van der Waals surface area contributed by atoms with Crippen molar-refractivity contribution in [1.82, 2.24) is 0 Å². The molecule has 0 radical (unpaired) electrons. The summed E-state index contributed by atoms with van der Waals surface area (Å²) < 4.78 is 23.8. The number of nitriles is 1. The molecule has 0 amide bonds. The Balaban J connectivity index is 2.16. The van der Waals surface area contributed by atoms with E-state index >= 15 is 0 Å². The number of hydrogen-bond donors (Lipinski definition) is 1. The molecule has 0 saturated carbocycles. The number of methoxy groups -OCH3 is 2. The van der Waals surface area contributed by atoms with E-state index in [2.05, 4.69) is 5.32 Å². The summed E-state index contributed by atoms with van der Waals surface area (Å²) >= 11 is 0. The second kappa shape index (κ2) is 6.62. The molecule has 0 aliphatic heterocycles. The Morgan fingerprint density at radius 3 is 2.62 bits per heavy atom. The van der Waals surface area contributed by atoms with Crippen LogP contribution in [0.4, 0.5) is 10.1 Å². The molecule has 2 rings (SSSR count). The van der Waals surface area contributed by atoms with Gasteiger partial charge in [0.1, 0.15) is 17.3 Å². The van der Waals surface area contributed by atoms with E-state index < -0.39 is 5.82 Å². The third-order valence-electron chi connectivity index (χ3n) is 3.00. The molecular formula is C16H15FN2O2. The zero-order chi connectivity index (χ0) is 15.2. The molecule has 0 aliphatic rings. The number of rotatable bonds is 5. The van der Waals surface area contributed by atoms with Crippen LogP contribution in [0.3, 0.4) is 0 Å². The van der Waals surface area contributed by atoms with Crippen LogP contribution in [0, 0.1) is 17.1 Å². The maximum Gasteiger partial charge on any atom is 0.127 e. The summed E-state index contributed by atoms with van der Waals surface area (Å²) in [4.78, 5) is 0. The van der Waals surface area contributed by atoms with Crippen molar-refractivity contribution in [3.05, 3.63) is 53.3 Å². The Morgan fingerprint density at radius 2 is 1.95 bits per heavy atom. The van der Waals surface area contributed by atoms with Crippen molar-refractivity contribution in [3.63, 3.8) is 0 Å². The van der Waals surface area contributed by atoms with Crippen LogP contribution in [0.2, 0.25) is 0 Å². The summed E-state index contributed by atoms with van der Waals surface area (Å²) in [6, 6.07) is 11.5. The van der Waals surface area contributed by atoms with Gasteiger partial charge in [-0.2, -0.15) is 5.26 Å². The number of benzene rings is 2. The fourth-order valence-electron chi connectivity index (χ4n) is 1.95. The van der Waals surface area contributed by atoms with Crippen LogP contribution in [-0.2, 0) is 6.54 Å². The molecule has 108 valence electrons. The van der Waals surface area contributed by atoms with Gasteiger partial charge in [-0.3, -0.25) is 0 Å². The molecule has 1 N–H and O–H groups in total. The molecule has 0 spiro atoms. The molecule has 21 heavy (non-hydrogen) atoms. The first-order valence-electron chi connectivity index (χ1n) is 6.31. The Morgan fingerprint density at radius 1 is 1.14 bits per heavy atom. The summed E-state index contributed by atoms with van der Waals surface area (Å²) in [6.07, 6.45) is 0. The number of nitrogens with zero attached hydrogens (tertiary/aromatic N) is 1. The van der Waals surface area contributed by atoms with E-state index in [4.69, 9.17) is 14.7 Å². The molecule has 0 saturated heterocycles. The van der Waals surface area contributed by atoms with Gasteiger partial charge < -0.3 is 14.8 Å². The highest BCUT2D eigenvalue weighted by atomic mass is 19.1. The van der Waals surface area contributed by atoms with E-state index in [0.717, 1.165) is 5.56 Å². The summed E-state index contributed by atoms with van der Waals surface area (Å²) in [5.41, 5.74) is 1.73. The molecule has 2 aromatic carbocycles. The molecule has 0 bridgehead atoms. The van der Waals surface area contributed by atoms with Crippen molar-refractivity contribution in [1.29, 1.82) is 5.26 Å². The van der Waals surface area contributed by atoms with Gasteiger partial charge in [-0.15, -0.1) is 0 Å². The first-order chi connectivity index (χ1) is 10.2. The monoisotopic (exact) mass is 286 g/mol. The second-order valence-electron chi connectivity index (χ2n) is 4.37. The van der Waals surface area contributed by atoms with Crippen molar-refractivity contribution < 1.29 is 13.9 Å². The Bertz CT molecular complexity index is 680. The highest BCUT2D eigenvalue weighted by Gasteiger charge is 2.06. The molecule has 5 heteroatoms. The second-order valence-corrected chi connectivity index (χ2v) is 4.37. The highest BCUT2D eigenvalue weighted by molar-refractivity contribution is 5.51. The molecule has 4 nitrogen and oxygen atoms in total. The minimum atomic E-state index is -0.446. The largest absolute Gasteiger partial charge is 0.497 e. The smallest absolute Gasteiger partial charge is 0.127 e. The maximum atomic E-state index is 13.4. The third-order valence-corrected chi connectivity index (χ3v) is 3.00. The van der Waals surface area contributed by atoms with Crippen molar-refractivity contribution in [2.75, 3.05) is 19.5 Å². The SMILES string of the molecule is COc1ccc(CNc2cc(F)cc(C#N)c2)c(OC)c1. The van der Waals surface area contributed by atoms with Crippen LogP contribution < -0.4 is 14.8 Å². The van der Waals surface area contributed by atoms with Gasteiger partial charge in [0.25, 0.3) is 0 Å². The van der Waals surface area contributed by atoms with Crippen LogP contribution in [0.1, 0.15) is 11.1 Å². The third kappa shape index (κ3) is 3.63. The molecule has 0 unspecified atom stereocenters. The van der Waals surface area contributed by atoms with Gasteiger partial charge in [-0.1, -0.05) is 0 Å². The minimum absolute atomic E-state index is 0.277. The van der Waals surface area contributed by atoms with E-state index in [-0.39, 0.29) is 5.56 Å². The Hall–Kier alpha value is -2.74. The lowest BCUT2D eigenvalue weighted by molar-refractivity contribution is 0.391. The van der Waals surface area contributed by atoms with Gasteiger partial charge in [0.15, 0.2) is 0 Å². The van der Waals surface area contributed by atoms with Gasteiger partial charge in [0, 0.05) is 23.9 Å². The average molecular weight is 286 g/mol. The van der Waals surface area contributed by atoms with Crippen molar-refractivity contribution >= 4 is 5.69 Å². The van der Waals surface area contributed by atoms with Crippen LogP contribution in [0.15, 0.2) is 36.4 Å². The average Bonchev–Trinajstić information content (AvgIpc) is 2.52. The fourth-order valence-corrected chi connectivity index (χ4v) is 1.95. The van der Waals surface area contributed by atoms with E-state index in [0.29, 0.717) is 23.7 Å². The molecule has 0 aliphatic carbocycles. The van der Waals surface area contributed by atoms with E-state index in [1.807, 2.05) is 18.2 Å². The minimum Gasteiger partial charge on any atom is -0.497 e. The van der Waals surface area contributed by atoms with E-state index in [9.17, 15) is 4.39 Å². The molecule has 0 heterocycles. The molecule has 0 aromatic heterocycles. The summed E-state index contributed by atoms with van der Waals surface area (Å²) in [7, 11) is 3.16. The first kappa shape index (κ1) is 14.7. The quantitative estimate of drug-likeness (QED) is 0.916. The lowest BCUT2D eigenvalue weighted by Crippen LogP contribution is -2.02. The lowest BCUT2D eigenvalue weighted by Gasteiger charge is -2.12. The summed E-state index contributed by atoms with van der Waals surface area (Å²) in [5, 5.41) is 11.9. The van der Waals surface area contributed by atoms with E-state index in [1.165, 1.54) is 12.1 Å². The number of anilines is 1. The van der Waals surface area contributed by atoms with Crippen molar-refractivity contribution in [2.45, 2.75) is 6.54 Å². The predicted molar refractivity (Wildman–Crippen MR) is 78.0 cm³/mol. The van der Waals surface area contributed by atoms with Crippen LogP contribution in [0.25, 0.3) is 0 Å². The number of ether oxygens (including phenoxy) is 2. The molecule has 0 atom stereocenters. The predicted octanol–water partition coefficient (Wildman–Crippen LogP) is 3.33. The van der Waals surface area contributed by atoms with Gasteiger partial charge in [-0.05, 0) is 30.3 Å². The zero-order valence-electron chi connectivity index (χ0n) is 11.8. The number of hydrogen-bond acceptors (Lipinski definition) is 4. The standard InChI is InChI=1S/C16H15FN2O2/c1-20-15-4-3-12(16(8-15)21-2)10-19-14-6-11(9-18)5-13(17)7-14/h3-8,19H,10H2,1-2H3. The molecule has 0 fully saturated rings. The van der Waals surface area contributed by atoms with Crippen molar-refractivity contribution in [2.24, 2.45) is 0 Å². The Kier molecular flexibility index (Phi) is 4.62. The van der Waals surface area contributed by atoms with Crippen molar-refractivity contribution in [3.8, 4) is 17.6 Å². The number of nitrogens with one attached hydrogen (secondary N) is 1. The number of halogens is 1. The van der Waals surface area contributed by atoms with Gasteiger partial charge >= 0.3 is 0 Å². The normalized spacial score (nSPS) is 9.81. The molecular weight excluding hydrogens is 271 g/mol. The van der Waals surface area contributed by atoms with Crippen LogP contribution >= 0.6 is 0 Å². The van der Waals surface area contributed by atoms with Gasteiger partial charge in [0.05, 0.1) is 25.9 Å². The first-order valence-corrected chi connectivity index (χ1v) is 6.31. The van der Waals surface area contributed by atoms with Crippen LogP contribution in [0.5, 0.6) is 11.5 Å². The summed E-state index contributed by atoms with van der Waals surface area (Å²) in [6.45, 7) is 0.446. The Labute approximate surface area is 122 Å². The van der Waals surface area contributed by atoms with Gasteiger partial charge in [-0.25, -0.2) is 4.39 Å². The van der Waals surface area contributed by atoms with E-state index in [1.54, 1.807) is 26.4 Å². The molecule has 2 aromatic rings. The fraction of sp³-hybridized carbons (Fsp3) is 0.188.